The van der Waals surface area contributed by atoms with Crippen LogP contribution >= 0.6 is 38.7 Å². The number of hydrogen-bond acceptors (Lipinski definition) is 6. The topological polar surface area (TPSA) is 69.0 Å². The van der Waals surface area contributed by atoms with Gasteiger partial charge in [0.15, 0.2) is 0 Å². The second-order valence-electron chi connectivity index (χ2n) is 34.9. The number of aromatic nitrogens is 2. The lowest BCUT2D eigenvalue weighted by atomic mass is 9.99. The van der Waals surface area contributed by atoms with Crippen LogP contribution in [0.2, 0.25) is 0 Å². The molecule has 1 N–H and O–H groups in total. The number of fused-ring (bicyclic) bond motifs is 10. The number of nitrogens with zero attached hydrogens (tertiary/aromatic N) is 6. The van der Waals surface area contributed by atoms with Crippen LogP contribution in [0.1, 0.15) is 0 Å². The maximum absolute atomic E-state index is 17.6. The van der Waals surface area contributed by atoms with E-state index in [-0.39, 0.29) is 0 Å². The third kappa shape index (κ3) is 12.7. The van der Waals surface area contributed by atoms with Crippen LogP contribution in [0.15, 0.2) is 495 Å². The van der Waals surface area contributed by atoms with E-state index in [0.717, 1.165) is 177 Å². The van der Waals surface area contributed by atoms with Gasteiger partial charge < -0.3 is 23.8 Å². The zero-order chi connectivity index (χ0) is 90.5. The van der Waals surface area contributed by atoms with Gasteiger partial charge in [-0.3, -0.25) is 18.5 Å². The fourth-order valence-corrected chi connectivity index (χ4v) is 37.9. The number of rotatable bonds is 14. The van der Waals surface area contributed by atoms with Crippen molar-refractivity contribution in [3.8, 4) is 67.0 Å². The lowest BCUT2D eigenvalue weighted by Crippen LogP contribution is -2.41. The third-order valence-electron chi connectivity index (χ3n) is 27.4. The van der Waals surface area contributed by atoms with Crippen LogP contribution in [0, 0.1) is 0 Å². The zero-order valence-corrected chi connectivity index (χ0v) is 79.2. The summed E-state index contributed by atoms with van der Waals surface area (Å²) in [7, 11) is -7.49. The summed E-state index contributed by atoms with van der Waals surface area (Å²) in [4.78, 5) is 2.27. The monoisotopic (exact) mass is 1870 g/mol. The van der Waals surface area contributed by atoms with Gasteiger partial charge in [0.05, 0.1) is 62.9 Å². The Hall–Kier alpha value is -14.9. The Morgan fingerprint density at radius 3 is 1.15 bits per heavy atom. The first-order valence-corrected chi connectivity index (χ1v) is 55.3. The summed E-state index contributed by atoms with van der Waals surface area (Å²) in [5.41, 5.74) is 25.9. The number of nitrogens with one attached hydrogen (secondary N) is 1. The fourth-order valence-electron chi connectivity index (χ4n) is 21.3. The van der Waals surface area contributed by atoms with Crippen molar-refractivity contribution in [2.45, 2.75) is 9.79 Å². The normalized spacial score (nSPS) is 17.3. The molecular formula is C120H81N7O2P4S3. The van der Waals surface area contributed by atoms with Gasteiger partial charge in [0.1, 0.15) is 0 Å². The van der Waals surface area contributed by atoms with Crippen molar-refractivity contribution in [2.75, 3.05) is 24.0 Å². The minimum absolute atomic E-state index is 0.676. The van der Waals surface area contributed by atoms with Gasteiger partial charge in [0.2, 0.25) is 14.6 Å². The van der Waals surface area contributed by atoms with Crippen LogP contribution in [0.25, 0.3) is 111 Å². The van der Waals surface area contributed by atoms with Crippen molar-refractivity contribution in [3.63, 3.8) is 0 Å². The van der Waals surface area contributed by atoms with Crippen molar-refractivity contribution in [1.29, 1.82) is 0 Å². The molecule has 0 fully saturated rings. The summed E-state index contributed by atoms with van der Waals surface area (Å²) in [5, 5.41) is 15.9. The van der Waals surface area contributed by atoms with Gasteiger partial charge >= 0.3 is 0 Å². The lowest BCUT2D eigenvalue weighted by molar-refractivity contribution is 0.585. The number of hydrogen-bond donors (Lipinski definition) is 1. The Bertz CT molecular complexity index is 8770. The molecule has 6 heterocycles. The smallest absolute Gasteiger partial charge is 0.234 e. The molecule has 646 valence electrons. The number of anilines is 10. The molecule has 0 spiro atoms. The Morgan fingerprint density at radius 2 is 0.581 bits per heavy atom. The van der Waals surface area contributed by atoms with Crippen LogP contribution in [-0.4, -0.2) is 9.13 Å². The van der Waals surface area contributed by atoms with Gasteiger partial charge in [-0.15, -0.1) is 0 Å². The molecular weight excluding hydrogens is 1790 g/mol. The summed E-state index contributed by atoms with van der Waals surface area (Å²) in [5.74, 6) is 0. The summed E-state index contributed by atoms with van der Waals surface area (Å²) in [6, 6.07) is 172. The minimum Gasteiger partial charge on any atom is -0.353 e. The Labute approximate surface area is 803 Å². The maximum atomic E-state index is 17.6. The van der Waals surface area contributed by atoms with Crippen LogP contribution in [0.3, 0.4) is 0 Å². The molecule has 0 radical (unpaired) electrons. The van der Waals surface area contributed by atoms with Crippen LogP contribution in [0.5, 0.6) is 0 Å². The molecule has 2 aromatic heterocycles. The van der Waals surface area contributed by atoms with E-state index in [2.05, 4.69) is 388 Å². The van der Waals surface area contributed by atoms with Gasteiger partial charge in [-0.2, -0.15) is 0 Å². The van der Waals surface area contributed by atoms with Crippen molar-refractivity contribution in [3.05, 3.63) is 485 Å². The highest BCUT2D eigenvalue weighted by Crippen LogP contribution is 2.70. The zero-order valence-electron chi connectivity index (χ0n) is 73.2. The molecule has 20 aromatic carbocycles. The molecule has 22 aromatic rings. The average molecular weight is 1870 g/mol. The van der Waals surface area contributed by atoms with Crippen LogP contribution in [0.4, 0.5) is 56.9 Å². The average Bonchev–Trinajstić information content (AvgIpc) is 0.879. The van der Waals surface area contributed by atoms with E-state index in [9.17, 15) is 0 Å². The second kappa shape index (κ2) is 32.5. The van der Waals surface area contributed by atoms with Crippen LogP contribution < -0.4 is 66.4 Å². The summed E-state index contributed by atoms with van der Waals surface area (Å²) in [6.07, 6.45) is -5.90. The molecule has 9 nitrogen and oxygen atoms in total. The predicted octanol–water partition coefficient (Wildman–Crippen LogP) is 29.9. The molecule has 16 heteroatoms. The highest BCUT2D eigenvalue weighted by Gasteiger charge is 2.52. The van der Waals surface area contributed by atoms with E-state index >= 15 is 9.13 Å². The summed E-state index contributed by atoms with van der Waals surface area (Å²) < 4.78 is 48.2. The lowest BCUT2D eigenvalue weighted by Gasteiger charge is -2.47. The molecule has 0 saturated carbocycles. The molecule has 4 aliphatic rings. The SMILES string of the molecule is O=P1(c2ccccc2)c2cccc3c2-c2c(cccc2P(=O)(c2ccc(-c4ccc5c(c4)c4cc(-c6ccc7c(c6)Nc6ccccc6P(=S)(c6ccc(-c8cccc9c8Sc8ccccc8P(=S)(c8ccccc8)N9c8ccc(-c9ccc(-n%10c%11ccccc%11c%11ccccc%11%10)cc9)cc8)cc6)N7c6ccccc6)ccc4n5-c4ccccc4)cc2)N3c2ccccc2)N1c1ccccc1. The van der Waals surface area contributed by atoms with Crippen molar-refractivity contribution >= 4 is 205 Å². The highest BCUT2D eigenvalue weighted by molar-refractivity contribution is 8.23. The van der Waals surface area contributed by atoms with E-state index in [4.69, 9.17) is 23.6 Å². The van der Waals surface area contributed by atoms with Crippen molar-refractivity contribution in [1.82, 2.24) is 9.13 Å². The standard InChI is InChI=1S/C120H81N7O2P4S3/c128-130(94-38-15-5-16-39-94)115-53-28-49-111-118(115)119-110(124(130)90-32-9-2-10-33-90)48-29-54-116(119)131(129,125(111)91-34-11-3-12-35-91)95-71-60-83(61-72-95)85-64-75-107-101(78-85)102-79-86(65-76-108(102)122(107)88-30-7-1-8-31-88)87-66-77-109-104(80-87)121-103-45-21-24-51-113(103)132(134,126(109)92-36-13-4-14-37-92)97-73-62-84(63-74-97)98-44-27-50-112-120(98)136-117-55-26-25-52-114(117)133(135,96-40-17-6-18-41-96)127(112)93-69-58-82(59-70-93)81-56-67-89(68-57-81)123-105-46-22-19-42-99(105)100-43-20-23-47-106(100)123/h1-80,121H. The first-order chi connectivity index (χ1) is 67.0. The fraction of sp³-hybridized carbons (Fsp3) is 0. The van der Waals surface area contributed by atoms with Gasteiger partial charge in [-0.05, 0) is 239 Å². The van der Waals surface area contributed by atoms with Crippen LogP contribution in [-0.2, 0) is 32.7 Å². The number of benzene rings is 20. The number of para-hydroxylation sites is 7. The van der Waals surface area contributed by atoms with Crippen molar-refractivity contribution in [2.24, 2.45) is 0 Å². The Kier molecular flexibility index (Phi) is 19.5. The molecule has 26 rings (SSSR count). The second-order valence-corrected chi connectivity index (χ2v) is 49.3. The van der Waals surface area contributed by atoms with Gasteiger partial charge in [0.25, 0.3) is 0 Å². The quantitative estimate of drug-likeness (QED) is 0.107. The Morgan fingerprint density at radius 1 is 0.228 bits per heavy atom. The maximum Gasteiger partial charge on any atom is 0.234 e. The highest BCUT2D eigenvalue weighted by atomic mass is 32.4. The van der Waals surface area contributed by atoms with E-state index < -0.39 is 27.0 Å². The van der Waals surface area contributed by atoms with E-state index in [1.807, 2.05) is 142 Å². The minimum atomic E-state index is -3.84. The largest absolute Gasteiger partial charge is 0.353 e. The first kappa shape index (κ1) is 81.8. The van der Waals surface area contributed by atoms with Gasteiger partial charge in [0, 0.05) is 125 Å². The van der Waals surface area contributed by atoms with E-state index in [1.165, 1.54) is 21.8 Å². The summed E-state index contributed by atoms with van der Waals surface area (Å²) >= 11 is 16.8. The predicted molar refractivity (Wildman–Crippen MR) is 584 cm³/mol. The summed E-state index contributed by atoms with van der Waals surface area (Å²) in [6.45, 7) is 0. The Balaban J connectivity index is 0.557. The molecule has 4 aliphatic heterocycles. The molecule has 4 atom stereocenters. The van der Waals surface area contributed by atoms with E-state index in [0.29, 0.717) is 21.2 Å². The van der Waals surface area contributed by atoms with Gasteiger partial charge in [-0.1, -0.05) is 327 Å². The molecule has 136 heavy (non-hydrogen) atoms. The van der Waals surface area contributed by atoms with Gasteiger partial charge in [-0.25, -0.2) is 0 Å². The molecule has 0 saturated heterocycles. The molecule has 0 bridgehead atoms. The van der Waals surface area contributed by atoms with E-state index in [1.54, 1.807) is 0 Å². The first-order valence-electron chi connectivity index (χ1n) is 45.6. The van der Waals surface area contributed by atoms with Crippen molar-refractivity contribution < 1.29 is 9.13 Å². The molecule has 0 aliphatic carbocycles. The molecule has 0 amide bonds. The molecule has 4 unspecified atom stereocenters. The third-order valence-corrected chi connectivity index (χ3v) is 44.4.